The number of carbonyl (C=O) groups excluding carboxylic acids is 1. The van der Waals surface area contributed by atoms with E-state index in [0.717, 1.165) is 11.1 Å². The Bertz CT molecular complexity index is 1180. The zero-order chi connectivity index (χ0) is 23.4. The van der Waals surface area contributed by atoms with Crippen molar-refractivity contribution in [2.45, 2.75) is 32.4 Å². The SMILES string of the molecule is CCN(C1CCN(C(=O)c2cn(Cc3ccccc3)nc2-c2ccccc2)CC1)S(C)(=O)=O. The highest BCUT2D eigenvalue weighted by Gasteiger charge is 2.32. The van der Waals surface area contributed by atoms with Crippen LogP contribution in [0.5, 0.6) is 0 Å². The van der Waals surface area contributed by atoms with E-state index in [-0.39, 0.29) is 11.9 Å². The Morgan fingerprint density at radius 3 is 2.21 bits per heavy atom. The molecule has 1 amide bonds. The van der Waals surface area contributed by atoms with Gasteiger partial charge in [-0.25, -0.2) is 8.42 Å². The quantitative estimate of drug-likeness (QED) is 0.534. The van der Waals surface area contributed by atoms with Crippen molar-refractivity contribution in [3.63, 3.8) is 0 Å². The highest BCUT2D eigenvalue weighted by atomic mass is 32.2. The second kappa shape index (κ2) is 9.89. The van der Waals surface area contributed by atoms with E-state index < -0.39 is 10.0 Å². The first-order chi connectivity index (χ1) is 15.9. The average Bonchev–Trinajstić information content (AvgIpc) is 3.23. The van der Waals surface area contributed by atoms with Gasteiger partial charge in [-0.1, -0.05) is 67.6 Å². The molecule has 0 N–H and O–H groups in total. The van der Waals surface area contributed by atoms with Crippen LogP contribution < -0.4 is 0 Å². The summed E-state index contributed by atoms with van der Waals surface area (Å²) in [6.07, 6.45) is 4.34. The summed E-state index contributed by atoms with van der Waals surface area (Å²) < 4.78 is 27.5. The number of rotatable bonds is 7. The second-order valence-corrected chi connectivity index (χ2v) is 10.4. The van der Waals surface area contributed by atoms with Crippen LogP contribution in [0, 0.1) is 0 Å². The van der Waals surface area contributed by atoms with E-state index in [9.17, 15) is 13.2 Å². The number of piperidine rings is 1. The van der Waals surface area contributed by atoms with Gasteiger partial charge in [0.1, 0.15) is 5.69 Å². The Morgan fingerprint density at radius 1 is 1.03 bits per heavy atom. The van der Waals surface area contributed by atoms with Crippen molar-refractivity contribution >= 4 is 15.9 Å². The molecular weight excluding hydrogens is 436 g/mol. The minimum atomic E-state index is -3.26. The fraction of sp³-hybridized carbons (Fsp3) is 0.360. The van der Waals surface area contributed by atoms with Crippen molar-refractivity contribution in [2.75, 3.05) is 25.9 Å². The van der Waals surface area contributed by atoms with Gasteiger partial charge in [-0.15, -0.1) is 0 Å². The van der Waals surface area contributed by atoms with Gasteiger partial charge in [-0.05, 0) is 18.4 Å². The molecule has 1 fully saturated rings. The standard InChI is InChI=1S/C25H30N4O3S/c1-3-29(33(2,31)32)22-14-16-27(17-15-22)25(30)23-19-28(18-20-10-6-4-7-11-20)26-24(23)21-12-8-5-9-13-21/h4-13,19,22H,3,14-18H2,1-2H3. The van der Waals surface area contributed by atoms with Gasteiger partial charge < -0.3 is 4.90 Å². The topological polar surface area (TPSA) is 75.5 Å². The summed E-state index contributed by atoms with van der Waals surface area (Å²) in [4.78, 5) is 15.4. The zero-order valence-corrected chi connectivity index (χ0v) is 19.9. The third-order valence-electron chi connectivity index (χ3n) is 6.12. The Labute approximate surface area is 195 Å². The summed E-state index contributed by atoms with van der Waals surface area (Å²) in [5.41, 5.74) is 3.26. The monoisotopic (exact) mass is 466 g/mol. The van der Waals surface area contributed by atoms with Gasteiger partial charge in [0.2, 0.25) is 10.0 Å². The van der Waals surface area contributed by atoms with Crippen molar-refractivity contribution in [3.8, 4) is 11.3 Å². The number of hydrogen-bond acceptors (Lipinski definition) is 4. The number of benzene rings is 2. The van der Waals surface area contributed by atoms with Crippen molar-refractivity contribution in [1.82, 2.24) is 19.0 Å². The van der Waals surface area contributed by atoms with Crippen LogP contribution in [0.4, 0.5) is 0 Å². The van der Waals surface area contributed by atoms with Crippen molar-refractivity contribution in [3.05, 3.63) is 78.0 Å². The third kappa shape index (κ3) is 5.34. The molecule has 8 heteroatoms. The van der Waals surface area contributed by atoms with Crippen molar-refractivity contribution in [1.29, 1.82) is 0 Å². The average molecular weight is 467 g/mol. The first-order valence-electron chi connectivity index (χ1n) is 11.3. The van der Waals surface area contributed by atoms with Crippen LogP contribution in [0.25, 0.3) is 11.3 Å². The fourth-order valence-electron chi connectivity index (χ4n) is 4.53. The second-order valence-electron chi connectivity index (χ2n) is 8.43. The summed E-state index contributed by atoms with van der Waals surface area (Å²) in [6.45, 7) is 3.92. The van der Waals surface area contributed by atoms with E-state index >= 15 is 0 Å². The van der Waals surface area contributed by atoms with Crippen LogP contribution in [-0.2, 0) is 16.6 Å². The molecule has 0 atom stereocenters. The molecule has 3 aromatic rings. The molecule has 7 nitrogen and oxygen atoms in total. The first kappa shape index (κ1) is 23.2. The van der Waals surface area contributed by atoms with Crippen LogP contribution in [0.2, 0.25) is 0 Å². The molecule has 1 saturated heterocycles. The molecule has 0 bridgehead atoms. The molecule has 33 heavy (non-hydrogen) atoms. The lowest BCUT2D eigenvalue weighted by Crippen LogP contribution is -2.48. The maximum absolute atomic E-state index is 13.5. The minimum absolute atomic E-state index is 0.0611. The van der Waals surface area contributed by atoms with Crippen LogP contribution >= 0.6 is 0 Å². The zero-order valence-electron chi connectivity index (χ0n) is 19.1. The molecule has 2 heterocycles. The summed E-state index contributed by atoms with van der Waals surface area (Å²) >= 11 is 0. The normalized spacial score (nSPS) is 15.2. The van der Waals surface area contributed by atoms with E-state index in [1.807, 2.05) is 83.4 Å². The first-order valence-corrected chi connectivity index (χ1v) is 13.1. The van der Waals surface area contributed by atoms with Gasteiger partial charge in [-0.2, -0.15) is 9.40 Å². The number of sulfonamides is 1. The molecule has 4 rings (SSSR count). The van der Waals surface area contributed by atoms with Gasteiger partial charge in [0.15, 0.2) is 0 Å². The lowest BCUT2D eigenvalue weighted by Gasteiger charge is -2.36. The Balaban J connectivity index is 1.57. The summed E-state index contributed by atoms with van der Waals surface area (Å²) in [5.74, 6) is -0.0611. The lowest BCUT2D eigenvalue weighted by atomic mass is 10.0. The predicted molar refractivity (Wildman–Crippen MR) is 129 cm³/mol. The Morgan fingerprint density at radius 2 is 1.64 bits per heavy atom. The number of carbonyl (C=O) groups is 1. The summed E-state index contributed by atoms with van der Waals surface area (Å²) in [6, 6.07) is 19.7. The number of aromatic nitrogens is 2. The van der Waals surface area contributed by atoms with E-state index in [4.69, 9.17) is 5.10 Å². The van der Waals surface area contributed by atoms with Crippen LogP contribution in [-0.4, -0.2) is 65.2 Å². The molecule has 1 aromatic heterocycles. The molecule has 1 aliphatic rings. The maximum Gasteiger partial charge on any atom is 0.257 e. The molecule has 2 aromatic carbocycles. The van der Waals surface area contributed by atoms with E-state index in [0.29, 0.717) is 50.3 Å². The smallest absolute Gasteiger partial charge is 0.257 e. The number of amides is 1. The molecule has 1 aliphatic heterocycles. The molecule has 0 saturated carbocycles. The van der Waals surface area contributed by atoms with E-state index in [1.165, 1.54) is 6.26 Å². The summed E-state index contributed by atoms with van der Waals surface area (Å²) in [5, 5.41) is 4.76. The number of nitrogens with zero attached hydrogens (tertiary/aromatic N) is 4. The third-order valence-corrected chi connectivity index (χ3v) is 7.53. The van der Waals surface area contributed by atoms with Crippen molar-refractivity contribution in [2.24, 2.45) is 0 Å². The Kier molecular flexibility index (Phi) is 6.95. The predicted octanol–water partition coefficient (Wildman–Crippen LogP) is 3.48. The highest BCUT2D eigenvalue weighted by Crippen LogP contribution is 2.26. The van der Waals surface area contributed by atoms with Crippen LogP contribution in [0.15, 0.2) is 66.9 Å². The number of likely N-dealkylation sites (tertiary alicyclic amines) is 1. The van der Waals surface area contributed by atoms with Gasteiger partial charge in [0, 0.05) is 37.4 Å². The van der Waals surface area contributed by atoms with E-state index in [2.05, 4.69) is 0 Å². The van der Waals surface area contributed by atoms with Gasteiger partial charge in [0.05, 0.1) is 18.4 Å². The molecule has 0 aliphatic carbocycles. The highest BCUT2D eigenvalue weighted by molar-refractivity contribution is 7.88. The van der Waals surface area contributed by atoms with E-state index in [1.54, 1.807) is 4.31 Å². The molecule has 0 unspecified atom stereocenters. The van der Waals surface area contributed by atoms with Gasteiger partial charge in [-0.3, -0.25) is 9.48 Å². The van der Waals surface area contributed by atoms with Crippen LogP contribution in [0.1, 0.15) is 35.7 Å². The molecule has 174 valence electrons. The molecular formula is C25H30N4O3S. The summed E-state index contributed by atoms with van der Waals surface area (Å²) in [7, 11) is -3.26. The van der Waals surface area contributed by atoms with Gasteiger partial charge in [0.25, 0.3) is 5.91 Å². The fourth-order valence-corrected chi connectivity index (χ4v) is 5.75. The minimum Gasteiger partial charge on any atom is -0.338 e. The lowest BCUT2D eigenvalue weighted by molar-refractivity contribution is 0.0681. The molecule has 0 radical (unpaired) electrons. The Hall–Kier alpha value is -2.97. The number of hydrogen-bond donors (Lipinski definition) is 0. The van der Waals surface area contributed by atoms with Crippen molar-refractivity contribution < 1.29 is 13.2 Å². The largest absolute Gasteiger partial charge is 0.338 e. The van der Waals surface area contributed by atoms with Crippen LogP contribution in [0.3, 0.4) is 0 Å². The van der Waals surface area contributed by atoms with Gasteiger partial charge >= 0.3 is 0 Å². The molecule has 0 spiro atoms. The maximum atomic E-state index is 13.5.